The third-order valence-electron chi connectivity index (χ3n) is 5.31. The molecule has 0 saturated carbocycles. The summed E-state index contributed by atoms with van der Waals surface area (Å²) in [4.78, 5) is 34.8. The van der Waals surface area contributed by atoms with Gasteiger partial charge in [-0.05, 0) is 41.5 Å². The van der Waals surface area contributed by atoms with Gasteiger partial charge in [-0.2, -0.15) is 0 Å². The van der Waals surface area contributed by atoms with E-state index in [0.717, 1.165) is 33.3 Å². The lowest BCUT2D eigenvalue weighted by Gasteiger charge is -2.11. The molecule has 0 atom stereocenters. The molecule has 0 bridgehead atoms. The number of carbonyl (C=O) groups excluding carboxylic acids is 2. The quantitative estimate of drug-likeness (QED) is 0.556. The average Bonchev–Trinajstić information content (AvgIpc) is 3.15. The zero-order valence-electron chi connectivity index (χ0n) is 17.9. The molecule has 3 heterocycles. The van der Waals surface area contributed by atoms with Gasteiger partial charge in [-0.25, -0.2) is 4.98 Å². The first kappa shape index (κ1) is 20.3. The van der Waals surface area contributed by atoms with Crippen molar-refractivity contribution in [2.75, 3.05) is 21.1 Å². The van der Waals surface area contributed by atoms with Gasteiger partial charge < -0.3 is 14.8 Å². The summed E-state index contributed by atoms with van der Waals surface area (Å²) in [5.41, 5.74) is 5.69. The van der Waals surface area contributed by atoms with Crippen LogP contribution in [0.2, 0.25) is 0 Å². The van der Waals surface area contributed by atoms with E-state index in [1.165, 1.54) is 0 Å². The van der Waals surface area contributed by atoms with Crippen molar-refractivity contribution in [1.29, 1.82) is 0 Å². The Morgan fingerprint density at radius 2 is 1.68 bits per heavy atom. The first-order valence-electron chi connectivity index (χ1n) is 9.84. The van der Waals surface area contributed by atoms with Crippen molar-refractivity contribution in [1.82, 2.24) is 24.8 Å². The molecule has 4 aromatic rings. The van der Waals surface area contributed by atoms with Gasteiger partial charge in [-0.1, -0.05) is 12.1 Å². The van der Waals surface area contributed by atoms with Crippen LogP contribution in [0, 0.1) is 0 Å². The Morgan fingerprint density at radius 1 is 0.968 bits per heavy atom. The van der Waals surface area contributed by atoms with E-state index < -0.39 is 0 Å². The maximum Gasteiger partial charge on any atom is 0.267 e. The normalized spacial score (nSPS) is 10.8. The number of amides is 2. The topological polar surface area (TPSA) is 80.1 Å². The van der Waals surface area contributed by atoms with Crippen LogP contribution >= 0.6 is 0 Å². The van der Waals surface area contributed by atoms with Crippen LogP contribution in [0.5, 0.6) is 0 Å². The van der Waals surface area contributed by atoms with Crippen LogP contribution in [-0.2, 0) is 7.05 Å². The summed E-state index contributed by atoms with van der Waals surface area (Å²) < 4.78 is 1.79. The van der Waals surface area contributed by atoms with Crippen molar-refractivity contribution < 1.29 is 9.59 Å². The molecule has 2 amide bonds. The molecule has 3 aromatic heterocycles. The SMILES string of the molecule is CNC(=O)c1cc2c(-c3cncc(-c4ccc(C(=O)N(C)C)cc4)c3)ccnc2n1C. The van der Waals surface area contributed by atoms with Gasteiger partial charge in [0.05, 0.1) is 0 Å². The van der Waals surface area contributed by atoms with Gasteiger partial charge >= 0.3 is 0 Å². The number of fused-ring (bicyclic) bond motifs is 1. The number of hydrogen-bond acceptors (Lipinski definition) is 4. The molecule has 0 fully saturated rings. The summed E-state index contributed by atoms with van der Waals surface area (Å²) in [5.74, 6) is -0.195. The van der Waals surface area contributed by atoms with Crippen molar-refractivity contribution in [3.63, 3.8) is 0 Å². The van der Waals surface area contributed by atoms with Gasteiger partial charge in [0.15, 0.2) is 0 Å². The third kappa shape index (κ3) is 3.66. The number of nitrogens with one attached hydrogen (secondary N) is 1. The summed E-state index contributed by atoms with van der Waals surface area (Å²) in [7, 11) is 6.91. The summed E-state index contributed by atoms with van der Waals surface area (Å²) in [6.45, 7) is 0. The van der Waals surface area contributed by atoms with Crippen LogP contribution in [0.25, 0.3) is 33.3 Å². The molecule has 7 nitrogen and oxygen atoms in total. The Kier molecular flexibility index (Phi) is 5.25. The second kappa shape index (κ2) is 8.02. The number of nitrogens with zero attached hydrogens (tertiary/aromatic N) is 4. The Balaban J connectivity index is 1.76. The van der Waals surface area contributed by atoms with Gasteiger partial charge in [0.2, 0.25) is 0 Å². The van der Waals surface area contributed by atoms with E-state index in [4.69, 9.17) is 0 Å². The Hall–Kier alpha value is -4.00. The predicted molar refractivity (Wildman–Crippen MR) is 121 cm³/mol. The minimum atomic E-state index is -0.161. The molecule has 0 aliphatic carbocycles. The maximum absolute atomic E-state index is 12.2. The molecular formula is C24H23N5O2. The van der Waals surface area contributed by atoms with Gasteiger partial charge in [-0.15, -0.1) is 0 Å². The minimum Gasteiger partial charge on any atom is -0.354 e. The average molecular weight is 413 g/mol. The lowest BCUT2D eigenvalue weighted by atomic mass is 10.00. The zero-order valence-corrected chi connectivity index (χ0v) is 17.9. The molecule has 0 aliphatic heterocycles. The number of hydrogen-bond donors (Lipinski definition) is 1. The highest BCUT2D eigenvalue weighted by atomic mass is 16.2. The largest absolute Gasteiger partial charge is 0.354 e. The molecule has 0 saturated heterocycles. The van der Waals surface area contributed by atoms with E-state index in [9.17, 15) is 9.59 Å². The van der Waals surface area contributed by atoms with Gasteiger partial charge in [-0.3, -0.25) is 14.6 Å². The van der Waals surface area contributed by atoms with E-state index in [-0.39, 0.29) is 11.8 Å². The van der Waals surface area contributed by atoms with Gasteiger partial charge in [0, 0.05) is 68.9 Å². The first-order valence-corrected chi connectivity index (χ1v) is 9.84. The first-order chi connectivity index (χ1) is 14.9. The monoisotopic (exact) mass is 413 g/mol. The van der Waals surface area contributed by atoms with E-state index in [2.05, 4.69) is 21.4 Å². The summed E-state index contributed by atoms with van der Waals surface area (Å²) in [6, 6.07) is 13.3. The van der Waals surface area contributed by atoms with Crippen LogP contribution in [0.3, 0.4) is 0 Å². The summed E-state index contributed by atoms with van der Waals surface area (Å²) >= 11 is 0. The minimum absolute atomic E-state index is 0.0337. The van der Waals surface area contributed by atoms with Crippen molar-refractivity contribution in [3.8, 4) is 22.3 Å². The highest BCUT2D eigenvalue weighted by molar-refractivity contribution is 6.02. The molecule has 31 heavy (non-hydrogen) atoms. The number of rotatable bonds is 4. The standard InChI is InChI=1S/C24H23N5O2/c1-25-23(30)21-12-20-19(9-10-27-22(20)29(21)4)18-11-17(13-26-14-18)15-5-7-16(8-6-15)24(31)28(2)3/h5-14H,1-4H3,(H,25,30). The van der Waals surface area contributed by atoms with Gasteiger partial charge in [0.25, 0.3) is 11.8 Å². The van der Waals surface area contributed by atoms with Crippen LogP contribution in [0.15, 0.2) is 61.1 Å². The number of benzene rings is 1. The lowest BCUT2D eigenvalue weighted by Crippen LogP contribution is -2.21. The van der Waals surface area contributed by atoms with E-state index in [0.29, 0.717) is 11.3 Å². The highest BCUT2D eigenvalue weighted by Gasteiger charge is 2.16. The van der Waals surface area contributed by atoms with Crippen LogP contribution in [0.1, 0.15) is 20.8 Å². The Bertz CT molecular complexity index is 1290. The molecule has 156 valence electrons. The Morgan fingerprint density at radius 3 is 2.35 bits per heavy atom. The smallest absolute Gasteiger partial charge is 0.267 e. The molecule has 1 N–H and O–H groups in total. The van der Waals surface area contributed by atoms with Crippen molar-refractivity contribution in [2.24, 2.45) is 7.05 Å². The predicted octanol–water partition coefficient (Wildman–Crippen LogP) is 3.36. The molecule has 1 aromatic carbocycles. The van der Waals surface area contributed by atoms with Crippen LogP contribution in [-0.4, -0.2) is 52.4 Å². The zero-order chi connectivity index (χ0) is 22.1. The van der Waals surface area contributed by atoms with Crippen molar-refractivity contribution in [2.45, 2.75) is 0 Å². The molecule has 0 unspecified atom stereocenters. The summed E-state index contributed by atoms with van der Waals surface area (Å²) in [5, 5.41) is 3.55. The molecule has 4 rings (SSSR count). The fourth-order valence-corrected chi connectivity index (χ4v) is 3.63. The third-order valence-corrected chi connectivity index (χ3v) is 5.31. The van der Waals surface area contributed by atoms with E-state index in [1.807, 2.05) is 43.4 Å². The molecule has 0 spiro atoms. The molecule has 7 heteroatoms. The maximum atomic E-state index is 12.2. The number of pyridine rings is 2. The second-order valence-corrected chi connectivity index (χ2v) is 7.50. The van der Waals surface area contributed by atoms with Crippen molar-refractivity contribution in [3.05, 3.63) is 72.3 Å². The fraction of sp³-hybridized carbons (Fsp3) is 0.167. The number of aryl methyl sites for hydroxylation is 1. The van der Waals surface area contributed by atoms with Gasteiger partial charge in [0.1, 0.15) is 11.3 Å². The van der Waals surface area contributed by atoms with Crippen molar-refractivity contribution >= 4 is 22.8 Å². The lowest BCUT2D eigenvalue weighted by molar-refractivity contribution is 0.0827. The Labute approximate surface area is 180 Å². The van der Waals surface area contributed by atoms with E-state index in [1.54, 1.807) is 49.2 Å². The second-order valence-electron chi connectivity index (χ2n) is 7.50. The fourth-order valence-electron chi connectivity index (χ4n) is 3.63. The summed E-state index contributed by atoms with van der Waals surface area (Å²) in [6.07, 6.45) is 5.33. The number of aromatic nitrogens is 3. The van der Waals surface area contributed by atoms with Crippen LogP contribution < -0.4 is 5.32 Å². The van der Waals surface area contributed by atoms with E-state index >= 15 is 0 Å². The number of carbonyl (C=O) groups is 2. The van der Waals surface area contributed by atoms with Crippen LogP contribution in [0.4, 0.5) is 0 Å². The molecule has 0 radical (unpaired) electrons. The molecule has 0 aliphatic rings. The molecular weight excluding hydrogens is 390 g/mol. The highest BCUT2D eigenvalue weighted by Crippen LogP contribution is 2.31.